The number of ether oxygens (including phenoxy) is 1. The molecule has 0 radical (unpaired) electrons. The highest BCUT2D eigenvalue weighted by Crippen LogP contribution is 2.16. The van der Waals surface area contributed by atoms with Crippen molar-refractivity contribution in [1.82, 2.24) is 0 Å². The van der Waals surface area contributed by atoms with Gasteiger partial charge in [0.1, 0.15) is 6.23 Å². The maximum absolute atomic E-state index is 11.2. The van der Waals surface area contributed by atoms with Crippen LogP contribution in [0.2, 0.25) is 12.1 Å². The SMILES string of the molecule is C=C(C)C(=O)OC[Si](CC)(CC)OC. The third-order valence-electron chi connectivity index (χ3n) is 2.54. The molecular weight excluding hydrogens is 196 g/mol. The van der Waals surface area contributed by atoms with Gasteiger partial charge in [0.2, 0.25) is 8.32 Å². The van der Waals surface area contributed by atoms with Gasteiger partial charge in [-0.05, 0) is 19.0 Å². The number of rotatable bonds is 6. The predicted octanol–water partition coefficient (Wildman–Crippen LogP) is 2.28. The monoisotopic (exact) mass is 216 g/mol. The van der Waals surface area contributed by atoms with Gasteiger partial charge in [-0.1, -0.05) is 20.4 Å². The normalized spacial score (nSPS) is 11.1. The van der Waals surface area contributed by atoms with Crippen LogP contribution in [0.25, 0.3) is 0 Å². The molecule has 0 unspecified atom stereocenters. The van der Waals surface area contributed by atoms with Gasteiger partial charge >= 0.3 is 5.97 Å². The summed E-state index contributed by atoms with van der Waals surface area (Å²) in [5, 5.41) is 0. The van der Waals surface area contributed by atoms with Crippen molar-refractivity contribution in [2.75, 3.05) is 13.3 Å². The summed E-state index contributed by atoms with van der Waals surface area (Å²) in [7, 11) is -0.108. The van der Waals surface area contributed by atoms with E-state index in [1.807, 2.05) is 0 Å². The summed E-state index contributed by atoms with van der Waals surface area (Å²) in [6.07, 6.45) is 0.433. The number of carbonyl (C=O) groups is 1. The smallest absolute Gasteiger partial charge is 0.332 e. The quantitative estimate of drug-likeness (QED) is 0.388. The van der Waals surface area contributed by atoms with Crippen molar-refractivity contribution < 1.29 is 14.0 Å². The lowest BCUT2D eigenvalue weighted by Gasteiger charge is -2.26. The fourth-order valence-electron chi connectivity index (χ4n) is 1.12. The summed E-state index contributed by atoms with van der Waals surface area (Å²) in [5.74, 6) is -0.319. The zero-order chi connectivity index (χ0) is 11.2. The molecule has 0 rings (SSSR count). The van der Waals surface area contributed by atoms with Crippen LogP contribution in [0.15, 0.2) is 12.2 Å². The van der Waals surface area contributed by atoms with E-state index in [1.165, 1.54) is 0 Å². The Labute approximate surface area is 87.2 Å². The Morgan fingerprint density at radius 1 is 1.36 bits per heavy atom. The molecule has 0 aliphatic rings. The van der Waals surface area contributed by atoms with Gasteiger partial charge in [-0.15, -0.1) is 0 Å². The zero-order valence-electron chi connectivity index (χ0n) is 9.55. The van der Waals surface area contributed by atoms with Crippen molar-refractivity contribution in [3.8, 4) is 0 Å². The molecule has 0 aliphatic heterocycles. The van der Waals surface area contributed by atoms with Crippen LogP contribution in [0.1, 0.15) is 20.8 Å². The molecular formula is C10H20O3Si. The lowest BCUT2D eigenvalue weighted by molar-refractivity contribution is -0.137. The molecule has 4 heteroatoms. The molecule has 0 spiro atoms. The minimum Gasteiger partial charge on any atom is -0.463 e. The van der Waals surface area contributed by atoms with E-state index in [9.17, 15) is 4.79 Å². The fourth-order valence-corrected chi connectivity index (χ4v) is 3.12. The molecule has 0 heterocycles. The third-order valence-corrected chi connectivity index (χ3v) is 6.65. The summed E-state index contributed by atoms with van der Waals surface area (Å²) >= 11 is 0. The molecule has 14 heavy (non-hydrogen) atoms. The highest BCUT2D eigenvalue weighted by Gasteiger charge is 2.31. The summed E-state index contributed by atoms with van der Waals surface area (Å²) in [6.45, 7) is 9.34. The van der Waals surface area contributed by atoms with E-state index in [4.69, 9.17) is 9.16 Å². The molecule has 0 aromatic carbocycles. The molecule has 0 bridgehead atoms. The predicted molar refractivity (Wildman–Crippen MR) is 59.5 cm³/mol. The fraction of sp³-hybridized carbons (Fsp3) is 0.700. The van der Waals surface area contributed by atoms with Crippen molar-refractivity contribution in [2.45, 2.75) is 32.9 Å². The highest BCUT2D eigenvalue weighted by molar-refractivity contribution is 6.73. The van der Waals surface area contributed by atoms with Gasteiger partial charge in [-0.2, -0.15) is 0 Å². The van der Waals surface area contributed by atoms with Crippen molar-refractivity contribution in [3.05, 3.63) is 12.2 Å². The van der Waals surface area contributed by atoms with Crippen LogP contribution < -0.4 is 0 Å². The van der Waals surface area contributed by atoms with E-state index in [1.54, 1.807) is 14.0 Å². The largest absolute Gasteiger partial charge is 0.463 e. The molecule has 0 N–H and O–H groups in total. The molecule has 0 amide bonds. The molecule has 0 atom stereocenters. The van der Waals surface area contributed by atoms with Crippen molar-refractivity contribution in [1.29, 1.82) is 0 Å². The van der Waals surface area contributed by atoms with Gasteiger partial charge in [0.05, 0.1) is 0 Å². The first-order chi connectivity index (χ1) is 6.51. The molecule has 0 aromatic rings. The first kappa shape index (κ1) is 13.4. The van der Waals surface area contributed by atoms with E-state index in [0.29, 0.717) is 11.8 Å². The lowest BCUT2D eigenvalue weighted by Crippen LogP contribution is -2.42. The number of esters is 1. The Bertz CT molecular complexity index is 201. The first-order valence-electron chi connectivity index (χ1n) is 4.89. The van der Waals surface area contributed by atoms with Crippen LogP contribution in [0.5, 0.6) is 0 Å². The second-order valence-electron chi connectivity index (χ2n) is 3.45. The summed E-state index contributed by atoms with van der Waals surface area (Å²) in [6, 6.07) is 1.92. The van der Waals surface area contributed by atoms with Gasteiger partial charge in [0.25, 0.3) is 0 Å². The minimum absolute atomic E-state index is 0.319. The molecule has 0 saturated heterocycles. The van der Waals surface area contributed by atoms with Crippen molar-refractivity contribution in [2.24, 2.45) is 0 Å². The lowest BCUT2D eigenvalue weighted by atomic mass is 10.4. The molecule has 0 aromatic heterocycles. The van der Waals surface area contributed by atoms with Crippen LogP contribution in [-0.2, 0) is 14.0 Å². The Morgan fingerprint density at radius 2 is 1.86 bits per heavy atom. The van der Waals surface area contributed by atoms with E-state index in [-0.39, 0.29) is 5.97 Å². The van der Waals surface area contributed by atoms with Gasteiger partial charge in [-0.3, -0.25) is 0 Å². The minimum atomic E-state index is -1.81. The molecule has 0 fully saturated rings. The average Bonchev–Trinajstić information content (AvgIpc) is 2.20. The van der Waals surface area contributed by atoms with Crippen molar-refractivity contribution >= 4 is 14.3 Å². The average molecular weight is 216 g/mol. The third kappa shape index (κ3) is 3.63. The van der Waals surface area contributed by atoms with Crippen LogP contribution in [0.3, 0.4) is 0 Å². The van der Waals surface area contributed by atoms with Crippen LogP contribution >= 0.6 is 0 Å². The molecule has 0 aliphatic carbocycles. The maximum atomic E-state index is 11.2. The van der Waals surface area contributed by atoms with E-state index < -0.39 is 8.32 Å². The van der Waals surface area contributed by atoms with Gasteiger partial charge < -0.3 is 9.16 Å². The van der Waals surface area contributed by atoms with E-state index in [2.05, 4.69) is 20.4 Å². The van der Waals surface area contributed by atoms with Crippen molar-refractivity contribution in [3.63, 3.8) is 0 Å². The second-order valence-corrected chi connectivity index (χ2v) is 7.93. The highest BCUT2D eigenvalue weighted by atomic mass is 28.4. The first-order valence-corrected chi connectivity index (χ1v) is 7.42. The van der Waals surface area contributed by atoms with Crippen LogP contribution in [0.4, 0.5) is 0 Å². The summed E-state index contributed by atoms with van der Waals surface area (Å²) in [5.41, 5.74) is 0.441. The Kier molecular flexibility index (Phi) is 5.72. The van der Waals surface area contributed by atoms with Gasteiger partial charge in [0, 0.05) is 12.7 Å². The zero-order valence-corrected chi connectivity index (χ0v) is 10.6. The second kappa shape index (κ2) is 5.98. The molecule has 0 saturated carbocycles. The summed E-state index contributed by atoms with van der Waals surface area (Å²) < 4.78 is 10.6. The Hall–Kier alpha value is -0.613. The Balaban J connectivity index is 4.19. The molecule has 82 valence electrons. The number of carbonyl (C=O) groups excluding carboxylic acids is 1. The number of hydrogen-bond acceptors (Lipinski definition) is 3. The topological polar surface area (TPSA) is 35.5 Å². The number of hydrogen-bond donors (Lipinski definition) is 0. The van der Waals surface area contributed by atoms with E-state index >= 15 is 0 Å². The molecule has 3 nitrogen and oxygen atoms in total. The maximum Gasteiger partial charge on any atom is 0.332 e. The summed E-state index contributed by atoms with van der Waals surface area (Å²) in [4.78, 5) is 11.2. The Morgan fingerprint density at radius 3 is 2.14 bits per heavy atom. The van der Waals surface area contributed by atoms with Gasteiger partial charge in [0.15, 0.2) is 0 Å². The standard InChI is InChI=1S/C10H20O3Si/c1-6-14(7-2,12-5)8-13-10(11)9(3)4/h3,6-8H2,1-2,4-5H3. The van der Waals surface area contributed by atoms with Crippen LogP contribution in [-0.4, -0.2) is 27.6 Å². The van der Waals surface area contributed by atoms with E-state index in [0.717, 1.165) is 12.1 Å². The van der Waals surface area contributed by atoms with Gasteiger partial charge in [-0.25, -0.2) is 4.79 Å². The van der Waals surface area contributed by atoms with Crippen LogP contribution in [0, 0.1) is 0 Å².